The Hall–Kier alpha value is -3.11. The second-order valence-corrected chi connectivity index (χ2v) is 9.71. The molecule has 1 aromatic carbocycles. The summed E-state index contributed by atoms with van der Waals surface area (Å²) in [5, 5.41) is 19.3. The van der Waals surface area contributed by atoms with E-state index in [0.717, 1.165) is 25.7 Å². The van der Waals surface area contributed by atoms with Crippen LogP contribution >= 0.6 is 11.6 Å². The van der Waals surface area contributed by atoms with Gasteiger partial charge in [-0.1, -0.05) is 22.8 Å². The normalized spacial score (nSPS) is 22.4. The molecule has 2 amide bonds. The highest BCUT2D eigenvalue weighted by Gasteiger charge is 2.34. The molecule has 0 saturated heterocycles. The van der Waals surface area contributed by atoms with Gasteiger partial charge in [0.2, 0.25) is 5.91 Å². The molecule has 1 saturated carbocycles. The van der Waals surface area contributed by atoms with E-state index in [1.807, 2.05) is 0 Å². The Morgan fingerprint density at radius 2 is 1.97 bits per heavy atom. The van der Waals surface area contributed by atoms with Crippen LogP contribution in [0.15, 0.2) is 29.4 Å². The third-order valence-electron chi connectivity index (χ3n) is 6.52. The van der Waals surface area contributed by atoms with Crippen LogP contribution in [0.25, 0.3) is 0 Å². The van der Waals surface area contributed by atoms with E-state index in [1.54, 1.807) is 19.1 Å². The Morgan fingerprint density at radius 3 is 2.67 bits per heavy atom. The Labute approximate surface area is 213 Å². The molecule has 0 radical (unpaired) electrons. The molecule has 11 heteroatoms. The molecule has 2 aliphatic rings. The van der Waals surface area contributed by atoms with Crippen LogP contribution in [0.2, 0.25) is 5.02 Å². The Balaban J connectivity index is 1.33. The van der Waals surface area contributed by atoms with Gasteiger partial charge in [0.05, 0.1) is 10.7 Å². The maximum Gasteiger partial charge on any atom is 0.270 e. The van der Waals surface area contributed by atoms with Crippen molar-refractivity contribution in [1.29, 1.82) is 0 Å². The first-order valence-corrected chi connectivity index (χ1v) is 12.4. The molecule has 1 unspecified atom stereocenters. The van der Waals surface area contributed by atoms with E-state index in [2.05, 4.69) is 25.8 Å². The number of oxime groups is 1. The summed E-state index contributed by atoms with van der Waals surface area (Å²) in [6.45, 7) is 3.33. The van der Waals surface area contributed by atoms with Crippen LogP contribution < -0.4 is 10.6 Å². The number of aliphatic hydroxyl groups is 1. The van der Waals surface area contributed by atoms with E-state index in [9.17, 15) is 19.1 Å². The Bertz CT molecular complexity index is 1170. The number of amides is 2. The number of hydrogen-bond donors (Lipinski definition) is 3. The van der Waals surface area contributed by atoms with Gasteiger partial charge in [0, 0.05) is 19.0 Å². The summed E-state index contributed by atoms with van der Waals surface area (Å²) in [5.74, 6) is -0.531. The maximum atomic E-state index is 13.4. The van der Waals surface area contributed by atoms with Gasteiger partial charge in [-0.15, -0.1) is 0 Å². The second kappa shape index (κ2) is 11.3. The number of carbonyl (C=O) groups excluding carboxylic acids is 2. The number of halogens is 2. The first-order valence-electron chi connectivity index (χ1n) is 12.0. The standard InChI is InChI=1S/C25H29ClFN5O4/c1-13(33)24(34)31-17-6-4-16(5-7-17)23-11-21(32-36-23)20-10-22(30-14(2)29-20)25(35)28-12-15-3-8-19(27)18(26)9-15/h3,8-10,13,16-17,23,33H,4-7,11-12H2,1-2H3,(H,28,35)(H,31,34)/t13-,16?,17?,23?/m0/s1. The third kappa shape index (κ3) is 6.36. The van der Waals surface area contributed by atoms with Gasteiger partial charge in [-0.3, -0.25) is 9.59 Å². The summed E-state index contributed by atoms with van der Waals surface area (Å²) in [7, 11) is 0. The summed E-state index contributed by atoms with van der Waals surface area (Å²) in [5.41, 5.74) is 2.07. The van der Waals surface area contributed by atoms with Gasteiger partial charge >= 0.3 is 0 Å². The van der Waals surface area contributed by atoms with Crippen LogP contribution in [0.1, 0.15) is 66.6 Å². The van der Waals surface area contributed by atoms with Gasteiger partial charge in [-0.05, 0) is 69.2 Å². The zero-order valence-corrected chi connectivity index (χ0v) is 20.9. The predicted molar refractivity (Wildman–Crippen MR) is 131 cm³/mol. The molecular formula is C25H29ClFN5O4. The molecule has 36 heavy (non-hydrogen) atoms. The molecule has 9 nitrogen and oxygen atoms in total. The number of aryl methyl sites for hydroxylation is 1. The fourth-order valence-electron chi connectivity index (χ4n) is 4.51. The van der Waals surface area contributed by atoms with Crippen LogP contribution in [-0.4, -0.2) is 50.9 Å². The van der Waals surface area contributed by atoms with Crippen LogP contribution in [0, 0.1) is 18.7 Å². The average Bonchev–Trinajstić information content (AvgIpc) is 3.35. The molecule has 1 aromatic heterocycles. The summed E-state index contributed by atoms with van der Waals surface area (Å²) >= 11 is 5.81. The van der Waals surface area contributed by atoms with Crippen molar-refractivity contribution in [3.8, 4) is 0 Å². The number of rotatable bonds is 7. The van der Waals surface area contributed by atoms with Gasteiger partial charge in [0.15, 0.2) is 0 Å². The highest BCUT2D eigenvalue weighted by atomic mass is 35.5. The topological polar surface area (TPSA) is 126 Å². The smallest absolute Gasteiger partial charge is 0.270 e. The Kier molecular flexibility index (Phi) is 8.15. The summed E-state index contributed by atoms with van der Waals surface area (Å²) in [4.78, 5) is 38.9. The van der Waals surface area contributed by atoms with E-state index < -0.39 is 17.8 Å². The number of nitrogens with one attached hydrogen (secondary N) is 2. The molecule has 192 valence electrons. The average molecular weight is 518 g/mol. The van der Waals surface area contributed by atoms with Gasteiger partial charge in [0.1, 0.15) is 35.3 Å². The number of nitrogens with zero attached hydrogens (tertiary/aromatic N) is 3. The van der Waals surface area contributed by atoms with E-state index >= 15 is 0 Å². The van der Waals surface area contributed by atoms with Gasteiger partial charge in [-0.2, -0.15) is 0 Å². The van der Waals surface area contributed by atoms with Crippen molar-refractivity contribution in [2.24, 2.45) is 11.1 Å². The maximum absolute atomic E-state index is 13.4. The lowest BCUT2D eigenvalue weighted by molar-refractivity contribution is -0.129. The molecule has 3 N–H and O–H groups in total. The predicted octanol–water partition coefficient (Wildman–Crippen LogP) is 3.06. The molecular weight excluding hydrogens is 489 g/mol. The van der Waals surface area contributed by atoms with Crippen molar-refractivity contribution in [3.05, 3.63) is 57.9 Å². The molecule has 2 heterocycles. The Morgan fingerprint density at radius 1 is 1.22 bits per heavy atom. The largest absolute Gasteiger partial charge is 0.391 e. The first kappa shape index (κ1) is 26.0. The zero-order chi connectivity index (χ0) is 25.8. The third-order valence-corrected chi connectivity index (χ3v) is 6.81. The lowest BCUT2D eigenvalue weighted by Gasteiger charge is -2.31. The van der Waals surface area contributed by atoms with Crippen molar-refractivity contribution in [2.75, 3.05) is 0 Å². The van der Waals surface area contributed by atoms with Crippen molar-refractivity contribution < 1.29 is 23.9 Å². The van der Waals surface area contributed by atoms with Crippen LogP contribution in [0.3, 0.4) is 0 Å². The molecule has 1 fully saturated rings. The second-order valence-electron chi connectivity index (χ2n) is 9.30. The van der Waals surface area contributed by atoms with Crippen molar-refractivity contribution in [3.63, 3.8) is 0 Å². The molecule has 0 bridgehead atoms. The SMILES string of the molecule is Cc1nc(C(=O)NCc2ccc(F)c(Cl)c2)cc(C2=NOC(C3CCC(NC(=O)[C@H](C)O)CC3)C2)n1. The van der Waals surface area contributed by atoms with E-state index in [4.69, 9.17) is 16.4 Å². The lowest BCUT2D eigenvalue weighted by Crippen LogP contribution is -2.43. The van der Waals surface area contributed by atoms with Crippen molar-refractivity contribution >= 4 is 29.1 Å². The minimum atomic E-state index is -1.01. The fourth-order valence-corrected chi connectivity index (χ4v) is 4.72. The number of hydrogen-bond acceptors (Lipinski definition) is 7. The zero-order valence-electron chi connectivity index (χ0n) is 20.1. The molecule has 1 aliphatic carbocycles. The summed E-state index contributed by atoms with van der Waals surface area (Å²) in [6.07, 6.45) is 2.85. The molecule has 2 aromatic rings. The van der Waals surface area contributed by atoms with Gasteiger partial charge in [-0.25, -0.2) is 14.4 Å². The number of aliphatic hydroxyl groups excluding tert-OH is 1. The number of carbonyl (C=O) groups is 2. The lowest BCUT2D eigenvalue weighted by atomic mass is 9.81. The molecule has 2 atom stereocenters. The van der Waals surface area contributed by atoms with Crippen molar-refractivity contribution in [1.82, 2.24) is 20.6 Å². The van der Waals surface area contributed by atoms with Crippen LogP contribution in [-0.2, 0) is 16.2 Å². The molecule has 0 spiro atoms. The van der Waals surface area contributed by atoms with E-state index in [-0.39, 0.29) is 35.3 Å². The number of benzene rings is 1. The van der Waals surface area contributed by atoms with E-state index in [1.165, 1.54) is 19.1 Å². The highest BCUT2D eigenvalue weighted by molar-refractivity contribution is 6.30. The summed E-state index contributed by atoms with van der Waals surface area (Å²) < 4.78 is 13.4. The van der Waals surface area contributed by atoms with E-state index in [0.29, 0.717) is 35.1 Å². The van der Waals surface area contributed by atoms with Gasteiger partial charge < -0.3 is 20.6 Å². The number of aromatic nitrogens is 2. The highest BCUT2D eigenvalue weighted by Crippen LogP contribution is 2.33. The quantitative estimate of drug-likeness (QED) is 0.518. The first-order chi connectivity index (χ1) is 17.2. The minimum Gasteiger partial charge on any atom is -0.391 e. The summed E-state index contributed by atoms with van der Waals surface area (Å²) in [6, 6.07) is 5.92. The fraction of sp³-hybridized carbons (Fsp3) is 0.480. The monoisotopic (exact) mass is 517 g/mol. The molecule has 4 rings (SSSR count). The minimum absolute atomic E-state index is 0.00582. The van der Waals surface area contributed by atoms with Crippen LogP contribution in [0.5, 0.6) is 0 Å². The van der Waals surface area contributed by atoms with Gasteiger partial charge in [0.25, 0.3) is 5.91 Å². The van der Waals surface area contributed by atoms with Crippen LogP contribution in [0.4, 0.5) is 4.39 Å². The van der Waals surface area contributed by atoms with Crippen molar-refractivity contribution in [2.45, 2.75) is 70.7 Å². The molecule has 1 aliphatic heterocycles.